The number of halogens is 3. The number of carboxylic acid groups (broad SMARTS) is 1. The molecule has 1 aliphatic rings. The van der Waals surface area contributed by atoms with Gasteiger partial charge in [-0.25, -0.2) is 0 Å². The monoisotopic (exact) mass is 309 g/mol. The van der Waals surface area contributed by atoms with Gasteiger partial charge < -0.3 is 10.4 Å². The van der Waals surface area contributed by atoms with Gasteiger partial charge in [0.05, 0.1) is 11.3 Å². The minimum atomic E-state index is -4.27. The molecule has 3 atom stereocenters. The number of hydrogen-bond donors (Lipinski definition) is 2. The summed E-state index contributed by atoms with van der Waals surface area (Å²) in [6.45, 7) is 3.14. The number of hydrogen-bond acceptors (Lipinski definition) is 2. The molecule has 1 amide bonds. The molecule has 1 aliphatic carbocycles. The van der Waals surface area contributed by atoms with Crippen molar-refractivity contribution in [2.45, 2.75) is 52.1 Å². The van der Waals surface area contributed by atoms with Crippen molar-refractivity contribution in [2.75, 3.05) is 6.54 Å². The van der Waals surface area contributed by atoms with E-state index in [1.165, 1.54) is 6.92 Å². The molecule has 4 nitrogen and oxygen atoms in total. The third kappa shape index (κ3) is 4.61. The van der Waals surface area contributed by atoms with Crippen LogP contribution in [-0.2, 0) is 9.59 Å². The van der Waals surface area contributed by atoms with Crippen molar-refractivity contribution < 1.29 is 27.9 Å². The fourth-order valence-electron chi connectivity index (χ4n) is 2.50. The maximum atomic E-state index is 12.7. The average Bonchev–Trinajstić information content (AvgIpc) is 2.43. The molecule has 122 valence electrons. The second-order valence-corrected chi connectivity index (χ2v) is 6.04. The molecule has 0 aromatic heterocycles. The highest BCUT2D eigenvalue weighted by atomic mass is 19.4. The van der Waals surface area contributed by atoms with E-state index in [0.29, 0.717) is 19.3 Å². The van der Waals surface area contributed by atoms with Crippen LogP contribution < -0.4 is 5.32 Å². The number of aliphatic carboxylic acids is 1. The van der Waals surface area contributed by atoms with Gasteiger partial charge in [0.25, 0.3) is 0 Å². The summed E-state index contributed by atoms with van der Waals surface area (Å²) in [4.78, 5) is 23.1. The molecule has 1 fully saturated rings. The zero-order valence-corrected chi connectivity index (χ0v) is 12.3. The van der Waals surface area contributed by atoms with Crippen molar-refractivity contribution in [3.05, 3.63) is 0 Å². The second kappa shape index (κ2) is 6.66. The molecule has 0 spiro atoms. The highest BCUT2D eigenvalue weighted by Crippen LogP contribution is 2.40. The van der Waals surface area contributed by atoms with Gasteiger partial charge >= 0.3 is 12.1 Å². The van der Waals surface area contributed by atoms with E-state index in [1.54, 1.807) is 6.92 Å². The largest absolute Gasteiger partial charge is 0.481 e. The van der Waals surface area contributed by atoms with Crippen LogP contribution in [0.2, 0.25) is 0 Å². The Kier molecular flexibility index (Phi) is 5.64. The topological polar surface area (TPSA) is 66.4 Å². The van der Waals surface area contributed by atoms with E-state index in [4.69, 9.17) is 5.11 Å². The number of carbonyl (C=O) groups is 2. The lowest BCUT2D eigenvalue weighted by atomic mass is 9.80. The smallest absolute Gasteiger partial charge is 0.391 e. The summed E-state index contributed by atoms with van der Waals surface area (Å²) < 4.78 is 38.1. The van der Waals surface area contributed by atoms with Crippen LogP contribution in [0.1, 0.15) is 46.0 Å². The van der Waals surface area contributed by atoms with Crippen molar-refractivity contribution in [2.24, 2.45) is 17.3 Å². The van der Waals surface area contributed by atoms with E-state index in [1.807, 2.05) is 0 Å². The minimum absolute atomic E-state index is 0.0646. The fraction of sp³-hybridized carbons (Fsp3) is 0.857. The Morgan fingerprint density at radius 2 is 1.90 bits per heavy atom. The van der Waals surface area contributed by atoms with Crippen LogP contribution in [0, 0.1) is 17.3 Å². The molecule has 7 heteroatoms. The second-order valence-electron chi connectivity index (χ2n) is 6.04. The van der Waals surface area contributed by atoms with Gasteiger partial charge in [-0.15, -0.1) is 0 Å². The molecule has 1 saturated carbocycles. The SMILES string of the molecule is CCC(C)(CNC(=O)C1CCCC(C(F)(F)F)C1)C(=O)O. The third-order valence-electron chi connectivity index (χ3n) is 4.46. The lowest BCUT2D eigenvalue weighted by Crippen LogP contribution is -2.44. The molecular weight excluding hydrogens is 287 g/mol. The summed E-state index contributed by atoms with van der Waals surface area (Å²) in [5.74, 6) is -3.61. The standard InChI is InChI=1S/C14H22F3NO3/c1-3-13(2,12(20)21)8-18-11(19)9-5-4-6-10(7-9)14(15,16)17/h9-10H,3-8H2,1-2H3,(H,18,19)(H,20,21). The molecule has 2 N–H and O–H groups in total. The van der Waals surface area contributed by atoms with Crippen LogP contribution in [-0.4, -0.2) is 29.7 Å². The summed E-state index contributed by atoms with van der Waals surface area (Å²) >= 11 is 0. The van der Waals surface area contributed by atoms with Crippen molar-refractivity contribution in [1.82, 2.24) is 5.32 Å². The van der Waals surface area contributed by atoms with Crippen LogP contribution in [0.4, 0.5) is 13.2 Å². The number of amides is 1. The Hall–Kier alpha value is -1.27. The van der Waals surface area contributed by atoms with Gasteiger partial charge in [0.2, 0.25) is 5.91 Å². The Morgan fingerprint density at radius 1 is 1.29 bits per heavy atom. The van der Waals surface area contributed by atoms with Crippen LogP contribution in [0.15, 0.2) is 0 Å². The third-order valence-corrected chi connectivity index (χ3v) is 4.46. The van der Waals surface area contributed by atoms with Gasteiger partial charge in [0, 0.05) is 12.5 Å². The summed E-state index contributed by atoms with van der Waals surface area (Å²) in [5, 5.41) is 11.6. The molecule has 0 aliphatic heterocycles. The van der Waals surface area contributed by atoms with Crippen LogP contribution in [0.3, 0.4) is 0 Å². The fourth-order valence-corrected chi connectivity index (χ4v) is 2.50. The average molecular weight is 309 g/mol. The van der Waals surface area contributed by atoms with E-state index in [9.17, 15) is 22.8 Å². The molecule has 1 rings (SSSR count). The quantitative estimate of drug-likeness (QED) is 0.820. The van der Waals surface area contributed by atoms with E-state index >= 15 is 0 Å². The summed E-state index contributed by atoms with van der Waals surface area (Å²) in [6, 6.07) is 0. The number of alkyl halides is 3. The Bertz CT molecular complexity index is 397. The van der Waals surface area contributed by atoms with Gasteiger partial charge in [-0.3, -0.25) is 9.59 Å². The molecular formula is C14H22F3NO3. The minimum Gasteiger partial charge on any atom is -0.481 e. The van der Waals surface area contributed by atoms with Gasteiger partial charge in [-0.2, -0.15) is 13.2 Å². The van der Waals surface area contributed by atoms with Crippen LogP contribution >= 0.6 is 0 Å². The first-order valence-electron chi connectivity index (χ1n) is 7.18. The van der Waals surface area contributed by atoms with Gasteiger partial charge in [-0.1, -0.05) is 13.3 Å². The first-order valence-corrected chi connectivity index (χ1v) is 7.18. The van der Waals surface area contributed by atoms with E-state index < -0.39 is 35.3 Å². The number of carbonyl (C=O) groups excluding carboxylic acids is 1. The summed E-state index contributed by atoms with van der Waals surface area (Å²) in [5.41, 5.74) is -1.09. The molecule has 0 bridgehead atoms. The molecule has 0 radical (unpaired) electrons. The van der Waals surface area contributed by atoms with E-state index in [-0.39, 0.29) is 19.4 Å². The van der Waals surface area contributed by atoms with Crippen molar-refractivity contribution >= 4 is 11.9 Å². The molecule has 0 aromatic rings. The van der Waals surface area contributed by atoms with Crippen LogP contribution in [0.5, 0.6) is 0 Å². The number of rotatable bonds is 5. The normalized spacial score (nSPS) is 26.0. The summed E-state index contributed by atoms with van der Waals surface area (Å²) in [6.07, 6.45) is -3.28. The van der Waals surface area contributed by atoms with Gasteiger partial charge in [-0.05, 0) is 32.6 Å². The molecule has 0 heterocycles. The first kappa shape index (κ1) is 17.8. The Labute approximate surface area is 122 Å². The maximum absolute atomic E-state index is 12.7. The predicted octanol–water partition coefficient (Wildman–Crippen LogP) is 2.97. The van der Waals surface area contributed by atoms with Gasteiger partial charge in [0.15, 0.2) is 0 Å². The lowest BCUT2D eigenvalue weighted by molar-refractivity contribution is -0.186. The van der Waals surface area contributed by atoms with E-state index in [0.717, 1.165) is 0 Å². The molecule has 21 heavy (non-hydrogen) atoms. The highest BCUT2D eigenvalue weighted by molar-refractivity contribution is 5.80. The molecule has 0 saturated heterocycles. The first-order chi connectivity index (χ1) is 9.60. The highest BCUT2D eigenvalue weighted by Gasteiger charge is 2.43. The molecule has 0 aromatic carbocycles. The van der Waals surface area contributed by atoms with Crippen LogP contribution in [0.25, 0.3) is 0 Å². The molecule has 3 unspecified atom stereocenters. The maximum Gasteiger partial charge on any atom is 0.391 e. The summed E-state index contributed by atoms with van der Waals surface area (Å²) in [7, 11) is 0. The number of nitrogens with one attached hydrogen (secondary N) is 1. The number of carboxylic acids is 1. The predicted molar refractivity (Wildman–Crippen MR) is 70.5 cm³/mol. The zero-order chi connectivity index (χ0) is 16.3. The van der Waals surface area contributed by atoms with Crippen molar-refractivity contribution in [1.29, 1.82) is 0 Å². The van der Waals surface area contributed by atoms with Gasteiger partial charge in [0.1, 0.15) is 0 Å². The van der Waals surface area contributed by atoms with Crippen molar-refractivity contribution in [3.8, 4) is 0 Å². The van der Waals surface area contributed by atoms with Crippen molar-refractivity contribution in [3.63, 3.8) is 0 Å². The zero-order valence-electron chi connectivity index (χ0n) is 12.3. The van der Waals surface area contributed by atoms with E-state index in [2.05, 4.69) is 5.32 Å². The Balaban J connectivity index is 2.58. The lowest BCUT2D eigenvalue weighted by Gasteiger charge is -2.31. The Morgan fingerprint density at radius 3 is 2.38 bits per heavy atom.